The molecule has 0 bridgehead atoms. The van der Waals surface area contributed by atoms with Crippen molar-refractivity contribution >= 4 is 23.3 Å². The summed E-state index contributed by atoms with van der Waals surface area (Å²) in [4.78, 5) is 28.1. The Morgan fingerprint density at radius 3 is 2.64 bits per heavy atom. The Hall–Kier alpha value is -2.76. The average molecular weight is 465 g/mol. The van der Waals surface area contributed by atoms with Crippen molar-refractivity contribution in [1.29, 1.82) is 0 Å². The smallest absolute Gasteiger partial charge is 0.313 e. The lowest BCUT2D eigenvalue weighted by Gasteiger charge is -2.28. The number of anilines is 1. The van der Waals surface area contributed by atoms with Crippen LogP contribution in [-0.4, -0.2) is 63.4 Å². The van der Waals surface area contributed by atoms with Crippen LogP contribution in [0.25, 0.3) is 5.52 Å². The monoisotopic (exact) mass is 464 g/mol. The number of hydrogen-bond acceptors (Lipinski definition) is 10. The highest BCUT2D eigenvalue weighted by molar-refractivity contribution is 5.75. The van der Waals surface area contributed by atoms with Gasteiger partial charge in [-0.3, -0.25) is 9.59 Å². The molecule has 33 heavy (non-hydrogen) atoms. The number of nitrogens with two attached hydrogens (primary N) is 1. The van der Waals surface area contributed by atoms with Crippen molar-refractivity contribution in [1.82, 2.24) is 14.6 Å². The van der Waals surface area contributed by atoms with Gasteiger partial charge >= 0.3 is 11.9 Å². The van der Waals surface area contributed by atoms with Gasteiger partial charge in [0.05, 0.1) is 17.0 Å². The molecule has 3 heterocycles. The van der Waals surface area contributed by atoms with Gasteiger partial charge in [0.2, 0.25) is 0 Å². The number of nitrogens with zero attached hydrogens (tertiary/aromatic N) is 3. The van der Waals surface area contributed by atoms with Gasteiger partial charge in [0.1, 0.15) is 42.4 Å². The van der Waals surface area contributed by atoms with E-state index in [0.717, 1.165) is 0 Å². The Kier molecular flexibility index (Phi) is 6.96. The summed E-state index contributed by atoms with van der Waals surface area (Å²) >= 11 is 0. The molecule has 3 rings (SSSR count). The summed E-state index contributed by atoms with van der Waals surface area (Å²) in [6.07, 6.45) is -1.68. The number of esters is 2. The van der Waals surface area contributed by atoms with Crippen LogP contribution in [0.5, 0.6) is 0 Å². The summed E-state index contributed by atoms with van der Waals surface area (Å²) in [7, 11) is 0. The van der Waals surface area contributed by atoms with Crippen LogP contribution in [0.2, 0.25) is 0 Å². The number of fused-ring (bicyclic) bond motifs is 1. The predicted molar refractivity (Wildman–Crippen MR) is 117 cm³/mol. The SMILES string of the molecule is CC(C)C(=O)OC[C@H]1O[C@@](C)(c2ccc3c(N)ncnn23)[C@H](O)[C@@H]1OCOC(=O)C(C)(C)C. The maximum Gasteiger partial charge on any atom is 0.313 e. The van der Waals surface area contributed by atoms with Crippen molar-refractivity contribution in [3.8, 4) is 0 Å². The second-order valence-corrected chi connectivity index (χ2v) is 9.58. The van der Waals surface area contributed by atoms with E-state index >= 15 is 0 Å². The van der Waals surface area contributed by atoms with E-state index in [0.29, 0.717) is 11.2 Å². The molecule has 1 aliphatic heterocycles. The maximum absolute atomic E-state index is 12.1. The molecule has 1 saturated heterocycles. The van der Waals surface area contributed by atoms with Crippen molar-refractivity contribution in [2.45, 2.75) is 65.5 Å². The summed E-state index contributed by atoms with van der Waals surface area (Å²) in [5.74, 6) is -0.917. The van der Waals surface area contributed by atoms with Gasteiger partial charge in [-0.1, -0.05) is 13.8 Å². The lowest BCUT2D eigenvalue weighted by molar-refractivity contribution is -0.178. The Balaban J connectivity index is 1.85. The van der Waals surface area contributed by atoms with Crippen LogP contribution >= 0.6 is 0 Å². The Morgan fingerprint density at radius 1 is 1.30 bits per heavy atom. The van der Waals surface area contributed by atoms with Gasteiger partial charge in [-0.2, -0.15) is 5.10 Å². The number of carbonyl (C=O) groups excluding carboxylic acids is 2. The molecule has 1 aliphatic rings. The standard InChI is InChI=1S/C22H32N4O7/c1-12(2)19(28)30-9-14-16(31-11-32-20(29)21(3,4)5)17(27)22(6,33-14)15-8-7-13-18(23)24-10-25-26(13)15/h7-8,10,12,14,16-17,27H,9,11H2,1-6H3,(H2,23,24,25)/t14-,16-,17-,22+/m1/s1. The maximum atomic E-state index is 12.1. The van der Waals surface area contributed by atoms with Crippen molar-refractivity contribution < 1.29 is 33.6 Å². The fourth-order valence-electron chi connectivity index (χ4n) is 3.55. The third kappa shape index (κ3) is 4.94. The number of rotatable bonds is 7. The molecule has 1 fully saturated rings. The first-order valence-corrected chi connectivity index (χ1v) is 10.8. The van der Waals surface area contributed by atoms with Crippen LogP contribution in [0.4, 0.5) is 5.82 Å². The lowest BCUT2D eigenvalue weighted by atomic mass is 9.93. The minimum Gasteiger partial charge on any atom is -0.463 e. The fourth-order valence-corrected chi connectivity index (χ4v) is 3.55. The Morgan fingerprint density at radius 2 is 2.00 bits per heavy atom. The van der Waals surface area contributed by atoms with Gasteiger partial charge in [0.15, 0.2) is 12.6 Å². The molecule has 0 saturated carbocycles. The van der Waals surface area contributed by atoms with Crippen LogP contribution in [0, 0.1) is 11.3 Å². The van der Waals surface area contributed by atoms with E-state index in [1.165, 1.54) is 10.8 Å². The summed E-state index contributed by atoms with van der Waals surface area (Å²) < 4.78 is 24.0. The third-order valence-electron chi connectivity index (χ3n) is 5.55. The van der Waals surface area contributed by atoms with E-state index in [2.05, 4.69) is 10.1 Å². The van der Waals surface area contributed by atoms with E-state index in [1.54, 1.807) is 53.7 Å². The molecule has 0 aromatic carbocycles. The first kappa shape index (κ1) is 24.9. The third-order valence-corrected chi connectivity index (χ3v) is 5.55. The summed E-state index contributed by atoms with van der Waals surface area (Å²) in [5, 5.41) is 15.5. The molecule has 11 nitrogen and oxygen atoms in total. The fraction of sp³-hybridized carbons (Fsp3) is 0.636. The molecule has 0 radical (unpaired) electrons. The van der Waals surface area contributed by atoms with E-state index in [9.17, 15) is 14.7 Å². The first-order chi connectivity index (χ1) is 15.4. The van der Waals surface area contributed by atoms with E-state index in [1.807, 2.05) is 0 Å². The number of aliphatic hydroxyl groups is 1. The van der Waals surface area contributed by atoms with Crippen molar-refractivity contribution in [3.63, 3.8) is 0 Å². The second kappa shape index (κ2) is 9.24. The van der Waals surface area contributed by atoms with E-state index in [4.69, 9.17) is 24.7 Å². The van der Waals surface area contributed by atoms with Crippen LogP contribution in [0.15, 0.2) is 18.5 Å². The van der Waals surface area contributed by atoms with E-state index < -0.39 is 48.1 Å². The van der Waals surface area contributed by atoms with Crippen molar-refractivity contribution in [2.24, 2.45) is 11.3 Å². The van der Waals surface area contributed by atoms with Gasteiger partial charge in [-0.15, -0.1) is 0 Å². The minimum atomic E-state index is -1.29. The minimum absolute atomic E-state index is 0.151. The van der Waals surface area contributed by atoms with Crippen LogP contribution in [-0.2, 0) is 34.1 Å². The summed E-state index contributed by atoms with van der Waals surface area (Å²) in [5.41, 5.74) is 5.00. The highest BCUT2D eigenvalue weighted by atomic mass is 16.7. The second-order valence-electron chi connectivity index (χ2n) is 9.58. The molecule has 4 atom stereocenters. The van der Waals surface area contributed by atoms with Crippen molar-refractivity contribution in [2.75, 3.05) is 19.1 Å². The molecule has 11 heteroatoms. The highest BCUT2D eigenvalue weighted by Crippen LogP contribution is 2.41. The molecular formula is C22H32N4O7. The Labute approximate surface area is 192 Å². The number of nitrogen functional groups attached to an aromatic ring is 1. The van der Waals surface area contributed by atoms with Gasteiger partial charge < -0.3 is 29.8 Å². The molecule has 0 aliphatic carbocycles. The molecule has 2 aromatic heterocycles. The number of carbonyl (C=O) groups is 2. The molecule has 2 aromatic rings. The molecule has 0 unspecified atom stereocenters. The molecule has 3 N–H and O–H groups in total. The largest absolute Gasteiger partial charge is 0.463 e. The Bertz CT molecular complexity index is 1020. The normalized spacial score (nSPS) is 25.5. The molecule has 182 valence electrons. The molecular weight excluding hydrogens is 432 g/mol. The topological polar surface area (TPSA) is 148 Å². The zero-order chi connectivity index (χ0) is 24.6. The van der Waals surface area contributed by atoms with Crippen LogP contribution in [0.3, 0.4) is 0 Å². The average Bonchev–Trinajstić information content (AvgIpc) is 3.27. The van der Waals surface area contributed by atoms with Crippen LogP contribution < -0.4 is 5.73 Å². The van der Waals surface area contributed by atoms with Gasteiger partial charge in [-0.25, -0.2) is 9.50 Å². The summed E-state index contributed by atoms with van der Waals surface area (Å²) in [6.45, 7) is 9.73. The number of hydrogen-bond donors (Lipinski definition) is 2. The van der Waals surface area contributed by atoms with Crippen molar-refractivity contribution in [3.05, 3.63) is 24.2 Å². The number of aromatic nitrogens is 3. The predicted octanol–water partition coefficient (Wildman–Crippen LogP) is 1.42. The van der Waals surface area contributed by atoms with Gasteiger partial charge in [0.25, 0.3) is 0 Å². The first-order valence-electron chi connectivity index (χ1n) is 10.8. The highest BCUT2D eigenvalue weighted by Gasteiger charge is 2.55. The summed E-state index contributed by atoms with van der Waals surface area (Å²) in [6, 6.07) is 3.45. The van der Waals surface area contributed by atoms with E-state index in [-0.39, 0.29) is 18.3 Å². The molecule has 0 amide bonds. The lowest BCUT2D eigenvalue weighted by Crippen LogP contribution is -2.42. The van der Waals surface area contributed by atoms with Gasteiger partial charge in [0, 0.05) is 0 Å². The molecule has 0 spiro atoms. The zero-order valence-electron chi connectivity index (χ0n) is 19.8. The zero-order valence-corrected chi connectivity index (χ0v) is 19.8. The quantitative estimate of drug-likeness (QED) is 0.455. The number of aliphatic hydroxyl groups excluding tert-OH is 1. The number of ether oxygens (including phenoxy) is 4. The van der Waals surface area contributed by atoms with Crippen LogP contribution in [0.1, 0.15) is 47.2 Å². The van der Waals surface area contributed by atoms with Gasteiger partial charge in [-0.05, 0) is 39.8 Å².